The van der Waals surface area contributed by atoms with E-state index in [0.717, 1.165) is 37.1 Å². The van der Waals surface area contributed by atoms with Crippen LogP contribution in [0.1, 0.15) is 43.7 Å². The molecule has 0 saturated carbocycles. The van der Waals surface area contributed by atoms with E-state index in [1.807, 2.05) is 79.4 Å². The van der Waals surface area contributed by atoms with Gasteiger partial charge in [0.15, 0.2) is 0 Å². The summed E-state index contributed by atoms with van der Waals surface area (Å²) < 4.78 is 0. The Hall–Kier alpha value is -2.62. The zero-order valence-electron chi connectivity index (χ0n) is 16.1. The highest BCUT2D eigenvalue weighted by atomic mass is 16.2. The first-order valence-electron chi connectivity index (χ1n) is 9.77. The number of hydrogen-bond donors (Lipinski definition) is 1. The lowest BCUT2D eigenvalue weighted by atomic mass is 9.89. The van der Waals surface area contributed by atoms with Crippen molar-refractivity contribution in [3.8, 4) is 0 Å². The zero-order chi connectivity index (χ0) is 19.2. The summed E-state index contributed by atoms with van der Waals surface area (Å²) in [6.07, 6.45) is 2.09. The number of rotatable bonds is 6. The third-order valence-corrected chi connectivity index (χ3v) is 5.18. The molecule has 1 fully saturated rings. The summed E-state index contributed by atoms with van der Waals surface area (Å²) >= 11 is 0. The number of amides is 2. The average molecular weight is 364 g/mol. The van der Waals surface area contributed by atoms with Gasteiger partial charge in [-0.25, -0.2) is 0 Å². The Morgan fingerprint density at radius 2 is 1.33 bits per heavy atom. The third kappa shape index (κ3) is 4.57. The van der Waals surface area contributed by atoms with Gasteiger partial charge < -0.3 is 10.2 Å². The Labute approximate surface area is 161 Å². The fraction of sp³-hybridized carbons (Fsp3) is 0.391. The molecule has 0 aliphatic carbocycles. The summed E-state index contributed by atoms with van der Waals surface area (Å²) in [4.78, 5) is 28.1. The van der Waals surface area contributed by atoms with E-state index in [1.165, 1.54) is 0 Å². The molecule has 4 heteroatoms. The lowest BCUT2D eigenvalue weighted by Gasteiger charge is -2.28. The second kappa shape index (κ2) is 8.85. The molecule has 0 spiro atoms. The molecule has 0 aromatic heterocycles. The van der Waals surface area contributed by atoms with E-state index in [4.69, 9.17) is 0 Å². The minimum absolute atomic E-state index is 0.0363. The van der Waals surface area contributed by atoms with Gasteiger partial charge >= 0.3 is 0 Å². The van der Waals surface area contributed by atoms with Gasteiger partial charge in [0.1, 0.15) is 6.04 Å². The van der Waals surface area contributed by atoms with Crippen LogP contribution in [0.4, 0.5) is 0 Å². The van der Waals surface area contributed by atoms with Gasteiger partial charge in [0, 0.05) is 13.1 Å². The Morgan fingerprint density at radius 1 is 0.852 bits per heavy atom. The van der Waals surface area contributed by atoms with Crippen LogP contribution in [-0.4, -0.2) is 35.8 Å². The van der Waals surface area contributed by atoms with Gasteiger partial charge in [-0.2, -0.15) is 0 Å². The summed E-state index contributed by atoms with van der Waals surface area (Å²) in [6, 6.07) is 19.0. The predicted molar refractivity (Wildman–Crippen MR) is 107 cm³/mol. The molecule has 27 heavy (non-hydrogen) atoms. The highest BCUT2D eigenvalue weighted by Gasteiger charge is 2.32. The minimum Gasteiger partial charge on any atom is -0.343 e. The Bertz CT molecular complexity index is 713. The van der Waals surface area contributed by atoms with Crippen molar-refractivity contribution in [1.29, 1.82) is 0 Å². The van der Waals surface area contributed by atoms with Crippen LogP contribution in [-0.2, 0) is 9.59 Å². The molecule has 1 atom stereocenters. The molecule has 142 valence electrons. The SMILES string of the molecule is CC(C)[C@@H](NC(=O)C(c1ccccc1)c1ccccc1)C(=O)N1CCCC1. The maximum absolute atomic E-state index is 13.3. The van der Waals surface area contributed by atoms with Gasteiger partial charge in [0.2, 0.25) is 11.8 Å². The number of carbonyl (C=O) groups excluding carboxylic acids is 2. The molecule has 2 aromatic carbocycles. The zero-order valence-corrected chi connectivity index (χ0v) is 16.1. The van der Waals surface area contributed by atoms with E-state index in [1.54, 1.807) is 0 Å². The Balaban J connectivity index is 1.85. The maximum atomic E-state index is 13.3. The van der Waals surface area contributed by atoms with Crippen LogP contribution < -0.4 is 5.32 Å². The van der Waals surface area contributed by atoms with Gasteiger partial charge in [-0.1, -0.05) is 74.5 Å². The molecule has 1 heterocycles. The molecule has 0 unspecified atom stereocenters. The van der Waals surface area contributed by atoms with Crippen molar-refractivity contribution in [2.45, 2.75) is 38.6 Å². The van der Waals surface area contributed by atoms with E-state index in [9.17, 15) is 9.59 Å². The van der Waals surface area contributed by atoms with Crippen LogP contribution >= 0.6 is 0 Å². The van der Waals surface area contributed by atoms with Gasteiger partial charge in [0.25, 0.3) is 0 Å². The Kier molecular flexibility index (Phi) is 6.28. The van der Waals surface area contributed by atoms with E-state index < -0.39 is 12.0 Å². The van der Waals surface area contributed by atoms with Gasteiger partial charge in [-0.05, 0) is 29.9 Å². The summed E-state index contributed by atoms with van der Waals surface area (Å²) in [5.41, 5.74) is 1.86. The minimum atomic E-state index is -0.495. The van der Waals surface area contributed by atoms with Crippen LogP contribution in [0.2, 0.25) is 0 Å². The van der Waals surface area contributed by atoms with Crippen molar-refractivity contribution in [2.24, 2.45) is 5.92 Å². The number of likely N-dealkylation sites (tertiary alicyclic amines) is 1. The van der Waals surface area contributed by atoms with Crippen molar-refractivity contribution in [2.75, 3.05) is 13.1 Å². The molecule has 2 aromatic rings. The number of hydrogen-bond acceptors (Lipinski definition) is 2. The quantitative estimate of drug-likeness (QED) is 0.852. The van der Waals surface area contributed by atoms with Gasteiger partial charge in [0.05, 0.1) is 5.92 Å². The summed E-state index contributed by atoms with van der Waals surface area (Å²) in [5.74, 6) is -0.483. The second-order valence-electron chi connectivity index (χ2n) is 7.52. The molecule has 4 nitrogen and oxygen atoms in total. The maximum Gasteiger partial charge on any atom is 0.245 e. The van der Waals surface area contributed by atoms with E-state index >= 15 is 0 Å². The molecule has 1 aliphatic heterocycles. The lowest BCUT2D eigenvalue weighted by molar-refractivity contribution is -0.137. The highest BCUT2D eigenvalue weighted by molar-refractivity contribution is 5.92. The molecule has 2 amide bonds. The van der Waals surface area contributed by atoms with E-state index in [2.05, 4.69) is 5.32 Å². The molecule has 3 rings (SSSR count). The topological polar surface area (TPSA) is 49.4 Å². The lowest BCUT2D eigenvalue weighted by Crippen LogP contribution is -2.51. The number of nitrogens with one attached hydrogen (secondary N) is 1. The molecule has 0 bridgehead atoms. The smallest absolute Gasteiger partial charge is 0.245 e. The predicted octanol–water partition coefficient (Wildman–Crippen LogP) is 3.58. The highest BCUT2D eigenvalue weighted by Crippen LogP contribution is 2.25. The van der Waals surface area contributed by atoms with Crippen molar-refractivity contribution in [1.82, 2.24) is 10.2 Å². The van der Waals surface area contributed by atoms with Crippen LogP contribution in [0.5, 0.6) is 0 Å². The summed E-state index contributed by atoms with van der Waals surface area (Å²) in [7, 11) is 0. The standard InChI is InChI=1S/C23H28N2O2/c1-17(2)21(23(27)25-15-9-10-16-25)24-22(26)20(18-11-5-3-6-12-18)19-13-7-4-8-14-19/h3-8,11-14,17,20-21H,9-10,15-16H2,1-2H3,(H,24,26)/t21-/m1/s1. The largest absolute Gasteiger partial charge is 0.343 e. The number of nitrogens with zero attached hydrogens (tertiary/aromatic N) is 1. The van der Waals surface area contributed by atoms with Gasteiger partial charge in [-0.3, -0.25) is 9.59 Å². The Morgan fingerprint density at radius 3 is 1.78 bits per heavy atom. The molecular weight excluding hydrogens is 336 g/mol. The first kappa shape index (κ1) is 19.2. The van der Waals surface area contributed by atoms with E-state index in [0.29, 0.717) is 0 Å². The summed E-state index contributed by atoms with van der Waals surface area (Å²) in [6.45, 7) is 5.55. The molecule has 1 N–H and O–H groups in total. The fourth-order valence-electron chi connectivity index (χ4n) is 3.67. The monoisotopic (exact) mass is 364 g/mol. The molecule has 1 saturated heterocycles. The van der Waals surface area contributed by atoms with Crippen LogP contribution in [0.25, 0.3) is 0 Å². The third-order valence-electron chi connectivity index (χ3n) is 5.18. The van der Waals surface area contributed by atoms with Crippen LogP contribution in [0, 0.1) is 5.92 Å². The molecule has 0 radical (unpaired) electrons. The normalized spacial score (nSPS) is 15.2. The first-order chi connectivity index (χ1) is 13.1. The first-order valence-corrected chi connectivity index (χ1v) is 9.77. The molecule has 1 aliphatic rings. The van der Waals surface area contributed by atoms with Gasteiger partial charge in [-0.15, -0.1) is 0 Å². The average Bonchev–Trinajstić information content (AvgIpc) is 3.22. The van der Waals surface area contributed by atoms with Crippen molar-refractivity contribution in [3.63, 3.8) is 0 Å². The number of benzene rings is 2. The fourth-order valence-corrected chi connectivity index (χ4v) is 3.67. The second-order valence-corrected chi connectivity index (χ2v) is 7.52. The molecular formula is C23H28N2O2. The van der Waals surface area contributed by atoms with Crippen LogP contribution in [0.3, 0.4) is 0 Å². The number of carbonyl (C=O) groups is 2. The van der Waals surface area contributed by atoms with Crippen molar-refractivity contribution < 1.29 is 9.59 Å². The van der Waals surface area contributed by atoms with Crippen LogP contribution in [0.15, 0.2) is 60.7 Å². The van der Waals surface area contributed by atoms with E-state index in [-0.39, 0.29) is 17.7 Å². The summed E-state index contributed by atoms with van der Waals surface area (Å²) in [5, 5.41) is 3.06. The van der Waals surface area contributed by atoms with Crippen molar-refractivity contribution in [3.05, 3.63) is 71.8 Å². The van der Waals surface area contributed by atoms with Crippen molar-refractivity contribution >= 4 is 11.8 Å².